The highest BCUT2D eigenvalue weighted by Crippen LogP contribution is 2.29. The second-order valence-corrected chi connectivity index (χ2v) is 5.37. The first-order valence-electron chi connectivity index (χ1n) is 7.28. The summed E-state index contributed by atoms with van der Waals surface area (Å²) in [5, 5.41) is 22.1. The van der Waals surface area contributed by atoms with Gasteiger partial charge in [-0.15, -0.1) is 0 Å². The Hall–Kier alpha value is -1.63. The molecule has 1 aliphatic heterocycles. The summed E-state index contributed by atoms with van der Waals surface area (Å²) in [6.07, 6.45) is 3.81. The molecule has 2 heterocycles. The molecule has 1 aliphatic rings. The van der Waals surface area contributed by atoms with Gasteiger partial charge in [0.1, 0.15) is 5.69 Å². The van der Waals surface area contributed by atoms with Crippen LogP contribution in [0.3, 0.4) is 0 Å². The number of nitrogens with one attached hydrogen (secondary N) is 2. The van der Waals surface area contributed by atoms with Crippen LogP contribution in [0.5, 0.6) is 0 Å². The van der Waals surface area contributed by atoms with Crippen LogP contribution in [0.15, 0.2) is 0 Å². The first-order valence-corrected chi connectivity index (χ1v) is 7.28. The molecule has 1 fully saturated rings. The molecule has 20 heavy (non-hydrogen) atoms. The van der Waals surface area contributed by atoms with E-state index in [-0.39, 0.29) is 10.6 Å². The smallest absolute Gasteiger partial charge is 0.333 e. The molecule has 0 bridgehead atoms. The average molecular weight is 281 g/mol. The Labute approximate surface area is 118 Å². The second kappa shape index (κ2) is 6.69. The molecule has 7 heteroatoms. The Morgan fingerprint density at radius 2 is 2.40 bits per heavy atom. The van der Waals surface area contributed by atoms with Crippen molar-refractivity contribution in [2.45, 2.75) is 32.6 Å². The fourth-order valence-corrected chi connectivity index (χ4v) is 2.70. The molecule has 2 rings (SSSR count). The Morgan fingerprint density at radius 3 is 3.00 bits per heavy atom. The van der Waals surface area contributed by atoms with Gasteiger partial charge in [0.25, 0.3) is 0 Å². The summed E-state index contributed by atoms with van der Waals surface area (Å²) in [6, 6.07) is 0. The van der Waals surface area contributed by atoms with Crippen LogP contribution in [0.1, 0.15) is 31.9 Å². The van der Waals surface area contributed by atoms with Gasteiger partial charge in [0, 0.05) is 13.6 Å². The van der Waals surface area contributed by atoms with E-state index in [1.807, 2.05) is 6.92 Å². The van der Waals surface area contributed by atoms with Gasteiger partial charge in [0.2, 0.25) is 5.82 Å². The molecular formula is C13H23N5O2. The van der Waals surface area contributed by atoms with Gasteiger partial charge in [-0.3, -0.25) is 10.1 Å². The minimum Gasteiger partial charge on any atom is -0.364 e. The van der Waals surface area contributed by atoms with Gasteiger partial charge in [-0.1, -0.05) is 13.3 Å². The van der Waals surface area contributed by atoms with Crippen molar-refractivity contribution in [2.75, 3.05) is 25.0 Å². The summed E-state index contributed by atoms with van der Waals surface area (Å²) >= 11 is 0. The molecule has 1 saturated heterocycles. The van der Waals surface area contributed by atoms with Crippen molar-refractivity contribution in [3.05, 3.63) is 15.8 Å². The molecule has 0 radical (unpaired) electrons. The topological polar surface area (TPSA) is 85.0 Å². The first-order chi connectivity index (χ1) is 9.63. The van der Waals surface area contributed by atoms with Crippen LogP contribution in [0.4, 0.5) is 11.5 Å². The van der Waals surface area contributed by atoms with E-state index in [2.05, 4.69) is 15.7 Å². The normalized spacial score (nSPS) is 19.0. The van der Waals surface area contributed by atoms with E-state index in [0.717, 1.165) is 32.5 Å². The lowest BCUT2D eigenvalue weighted by Crippen LogP contribution is -2.33. The summed E-state index contributed by atoms with van der Waals surface area (Å²) in [5.41, 5.74) is 0.711. The highest BCUT2D eigenvalue weighted by atomic mass is 16.6. The first kappa shape index (κ1) is 14.8. The number of hydrogen-bond acceptors (Lipinski definition) is 5. The van der Waals surface area contributed by atoms with E-state index in [0.29, 0.717) is 23.9 Å². The molecule has 0 aromatic carbocycles. The lowest BCUT2D eigenvalue weighted by molar-refractivity contribution is -0.384. The van der Waals surface area contributed by atoms with E-state index < -0.39 is 0 Å². The summed E-state index contributed by atoms with van der Waals surface area (Å²) in [5.74, 6) is 1.05. The van der Waals surface area contributed by atoms with Crippen molar-refractivity contribution in [1.82, 2.24) is 15.1 Å². The van der Waals surface area contributed by atoms with E-state index in [4.69, 9.17) is 0 Å². The fourth-order valence-electron chi connectivity index (χ4n) is 2.70. The van der Waals surface area contributed by atoms with Crippen molar-refractivity contribution in [3.8, 4) is 0 Å². The zero-order valence-electron chi connectivity index (χ0n) is 12.2. The van der Waals surface area contributed by atoms with Crippen molar-refractivity contribution in [3.63, 3.8) is 0 Å². The number of nitrogens with zero attached hydrogens (tertiary/aromatic N) is 3. The van der Waals surface area contributed by atoms with Crippen LogP contribution in [-0.2, 0) is 13.5 Å². The number of nitro groups is 1. The maximum Gasteiger partial charge on any atom is 0.333 e. The number of hydrogen-bond donors (Lipinski definition) is 2. The molecule has 0 aliphatic carbocycles. The largest absolute Gasteiger partial charge is 0.364 e. The molecule has 112 valence electrons. The predicted molar refractivity (Wildman–Crippen MR) is 77.9 cm³/mol. The van der Waals surface area contributed by atoms with E-state index >= 15 is 0 Å². The standard InChI is InChI=1S/C13H23N5O2/c1-3-5-11-12(18(19)20)13(17(2)16-11)15-9-10-6-4-7-14-8-10/h10,14-15H,3-9H2,1-2H3. The van der Waals surface area contributed by atoms with E-state index in [1.54, 1.807) is 11.7 Å². The highest BCUT2D eigenvalue weighted by molar-refractivity contribution is 5.59. The number of piperidine rings is 1. The zero-order valence-corrected chi connectivity index (χ0v) is 12.2. The van der Waals surface area contributed by atoms with Crippen LogP contribution < -0.4 is 10.6 Å². The Bertz CT molecular complexity index is 466. The third-order valence-corrected chi connectivity index (χ3v) is 3.72. The number of rotatable bonds is 6. The SMILES string of the molecule is CCCc1nn(C)c(NCC2CCCNC2)c1[N+](=O)[O-]. The highest BCUT2D eigenvalue weighted by Gasteiger charge is 2.26. The Kier molecular flexibility index (Phi) is 4.94. The summed E-state index contributed by atoms with van der Waals surface area (Å²) in [4.78, 5) is 11.0. The van der Waals surface area contributed by atoms with Gasteiger partial charge in [0.05, 0.1) is 4.92 Å². The van der Waals surface area contributed by atoms with Crippen LogP contribution >= 0.6 is 0 Å². The Balaban J connectivity index is 2.11. The van der Waals surface area contributed by atoms with Crippen LogP contribution in [0, 0.1) is 16.0 Å². The molecule has 0 saturated carbocycles. The molecule has 7 nitrogen and oxygen atoms in total. The monoisotopic (exact) mass is 281 g/mol. The third-order valence-electron chi connectivity index (χ3n) is 3.72. The van der Waals surface area contributed by atoms with Gasteiger partial charge in [-0.25, -0.2) is 4.68 Å². The van der Waals surface area contributed by atoms with Crippen LogP contribution in [0.2, 0.25) is 0 Å². The lowest BCUT2D eigenvalue weighted by Gasteiger charge is -2.23. The molecule has 1 atom stereocenters. The number of aryl methyl sites for hydroxylation is 2. The quantitative estimate of drug-likeness (QED) is 0.612. The molecule has 0 spiro atoms. The van der Waals surface area contributed by atoms with Gasteiger partial charge in [-0.05, 0) is 38.3 Å². The molecule has 1 unspecified atom stereocenters. The van der Waals surface area contributed by atoms with Crippen molar-refractivity contribution < 1.29 is 4.92 Å². The summed E-state index contributed by atoms with van der Waals surface area (Å²) < 4.78 is 1.60. The van der Waals surface area contributed by atoms with Gasteiger partial charge in [-0.2, -0.15) is 5.10 Å². The van der Waals surface area contributed by atoms with Crippen molar-refractivity contribution in [1.29, 1.82) is 0 Å². The summed E-state index contributed by atoms with van der Waals surface area (Å²) in [7, 11) is 1.76. The van der Waals surface area contributed by atoms with Crippen molar-refractivity contribution in [2.24, 2.45) is 13.0 Å². The van der Waals surface area contributed by atoms with Gasteiger partial charge in [0.15, 0.2) is 0 Å². The van der Waals surface area contributed by atoms with E-state index in [9.17, 15) is 10.1 Å². The lowest BCUT2D eigenvalue weighted by atomic mass is 10.00. The summed E-state index contributed by atoms with van der Waals surface area (Å²) in [6.45, 7) is 4.79. The van der Waals surface area contributed by atoms with Crippen LogP contribution in [-0.4, -0.2) is 34.3 Å². The van der Waals surface area contributed by atoms with Gasteiger partial charge >= 0.3 is 5.69 Å². The fraction of sp³-hybridized carbons (Fsp3) is 0.769. The second-order valence-electron chi connectivity index (χ2n) is 5.37. The van der Waals surface area contributed by atoms with Gasteiger partial charge < -0.3 is 10.6 Å². The minimum atomic E-state index is -0.320. The molecule has 1 aromatic rings. The average Bonchev–Trinajstić information content (AvgIpc) is 2.74. The number of anilines is 1. The molecule has 0 amide bonds. The van der Waals surface area contributed by atoms with E-state index in [1.165, 1.54) is 6.42 Å². The minimum absolute atomic E-state index is 0.137. The maximum absolute atomic E-state index is 11.3. The van der Waals surface area contributed by atoms with Crippen LogP contribution in [0.25, 0.3) is 0 Å². The predicted octanol–water partition coefficient (Wildman–Crippen LogP) is 1.69. The molecule has 1 aromatic heterocycles. The molecule has 2 N–H and O–H groups in total. The van der Waals surface area contributed by atoms with Crippen molar-refractivity contribution >= 4 is 11.5 Å². The number of aromatic nitrogens is 2. The zero-order chi connectivity index (χ0) is 14.5. The Morgan fingerprint density at radius 1 is 1.60 bits per heavy atom. The third kappa shape index (κ3) is 3.27. The molecular weight excluding hydrogens is 258 g/mol. The maximum atomic E-state index is 11.3.